The summed E-state index contributed by atoms with van der Waals surface area (Å²) in [5.74, 6) is 0.0223. The van der Waals surface area contributed by atoms with Gasteiger partial charge in [-0.3, -0.25) is 4.79 Å². The number of hydrogen-bond donors (Lipinski definition) is 2. The molecule has 1 amide bonds. The molecule has 120 valence electrons. The number of carbonyl (C=O) groups excluding carboxylic acids is 1. The molecule has 2 heterocycles. The lowest BCUT2D eigenvalue weighted by Crippen LogP contribution is -2.30. The van der Waals surface area contributed by atoms with Crippen molar-refractivity contribution in [3.8, 4) is 0 Å². The zero-order valence-electron chi connectivity index (χ0n) is 12.7. The van der Waals surface area contributed by atoms with Crippen molar-refractivity contribution in [2.45, 2.75) is 42.8 Å². The van der Waals surface area contributed by atoms with Crippen molar-refractivity contribution < 1.29 is 4.79 Å². The van der Waals surface area contributed by atoms with Crippen LogP contribution in [0.1, 0.15) is 31.6 Å². The Balaban J connectivity index is 1.75. The number of unbranched alkanes of at least 4 members (excludes halogenated alkanes) is 1. The molecule has 22 heavy (non-hydrogen) atoms. The van der Waals surface area contributed by atoms with Gasteiger partial charge in [0.05, 0.1) is 11.8 Å². The Morgan fingerprint density at radius 1 is 1.45 bits per heavy atom. The average molecular weight is 357 g/mol. The fraction of sp³-hybridized carbons (Fsp3) is 0.500. The van der Waals surface area contributed by atoms with Crippen LogP contribution in [0.25, 0.3) is 0 Å². The highest BCUT2D eigenvalue weighted by Gasteiger charge is 2.17. The Kier molecular flexibility index (Phi) is 7.14. The molecule has 0 aliphatic rings. The molecule has 2 rings (SSSR count). The van der Waals surface area contributed by atoms with E-state index in [0.717, 1.165) is 33.7 Å². The maximum absolute atomic E-state index is 12.1. The summed E-state index contributed by atoms with van der Waals surface area (Å²) in [7, 11) is 0. The second kappa shape index (κ2) is 9.12. The summed E-state index contributed by atoms with van der Waals surface area (Å²) in [5, 5.41) is 17.0. The molecule has 2 aromatic rings. The molecule has 1 atom stereocenters. The highest BCUT2D eigenvalue weighted by Crippen LogP contribution is 2.29. The van der Waals surface area contributed by atoms with Crippen molar-refractivity contribution in [3.63, 3.8) is 0 Å². The summed E-state index contributed by atoms with van der Waals surface area (Å²) in [4.78, 5) is 13.2. The molecule has 2 N–H and O–H groups in total. The van der Waals surface area contributed by atoms with E-state index in [2.05, 4.69) is 27.8 Å². The van der Waals surface area contributed by atoms with Gasteiger partial charge in [-0.15, -0.1) is 21.5 Å². The first-order chi connectivity index (χ1) is 10.7. The fourth-order valence-electron chi connectivity index (χ4n) is 1.64. The molecule has 0 spiro atoms. The van der Waals surface area contributed by atoms with Gasteiger partial charge in [-0.2, -0.15) is 0 Å². The van der Waals surface area contributed by atoms with Crippen LogP contribution in [-0.4, -0.2) is 27.9 Å². The molecule has 0 bridgehead atoms. The Morgan fingerprint density at radius 3 is 3.05 bits per heavy atom. The number of amides is 1. The lowest BCUT2D eigenvalue weighted by Gasteiger charge is -2.09. The molecule has 0 aliphatic carbocycles. The Labute approximate surface area is 142 Å². The van der Waals surface area contributed by atoms with E-state index in [-0.39, 0.29) is 11.2 Å². The second-order valence-electron chi connectivity index (χ2n) is 4.71. The molecule has 0 saturated carbocycles. The van der Waals surface area contributed by atoms with Gasteiger partial charge >= 0.3 is 0 Å². The molecule has 0 radical (unpaired) electrons. The summed E-state index contributed by atoms with van der Waals surface area (Å²) < 4.78 is 0.817. The molecule has 2 aromatic heterocycles. The number of carbonyl (C=O) groups is 1. The maximum atomic E-state index is 12.1. The molecule has 0 aliphatic heterocycles. The third kappa shape index (κ3) is 5.58. The van der Waals surface area contributed by atoms with Crippen LogP contribution in [0.15, 0.2) is 21.9 Å². The van der Waals surface area contributed by atoms with Crippen LogP contribution < -0.4 is 10.6 Å². The molecule has 0 saturated heterocycles. The summed E-state index contributed by atoms with van der Waals surface area (Å²) >= 11 is 4.59. The summed E-state index contributed by atoms with van der Waals surface area (Å²) in [6.07, 6.45) is 2.26. The molecule has 1 unspecified atom stereocenters. The monoisotopic (exact) mass is 356 g/mol. The Morgan fingerprint density at radius 2 is 2.32 bits per heavy atom. The molecule has 0 aromatic carbocycles. The summed E-state index contributed by atoms with van der Waals surface area (Å²) in [6, 6.07) is 4.00. The van der Waals surface area contributed by atoms with E-state index in [9.17, 15) is 4.79 Å². The van der Waals surface area contributed by atoms with Crippen molar-refractivity contribution in [1.82, 2.24) is 15.5 Å². The van der Waals surface area contributed by atoms with Gasteiger partial charge in [0.15, 0.2) is 4.34 Å². The van der Waals surface area contributed by atoms with Gasteiger partial charge in [0, 0.05) is 11.4 Å². The quantitative estimate of drug-likeness (QED) is 0.531. The third-order valence-corrected chi connectivity index (χ3v) is 5.82. The fourth-order valence-corrected chi connectivity index (χ4v) is 4.23. The van der Waals surface area contributed by atoms with Crippen molar-refractivity contribution in [1.29, 1.82) is 0 Å². The number of anilines is 1. The average Bonchev–Trinajstić information content (AvgIpc) is 3.17. The summed E-state index contributed by atoms with van der Waals surface area (Å²) in [6.45, 7) is 5.54. The first kappa shape index (κ1) is 17.2. The Bertz CT molecular complexity index is 570. The van der Waals surface area contributed by atoms with Crippen LogP contribution in [0, 0.1) is 0 Å². The summed E-state index contributed by atoms with van der Waals surface area (Å²) in [5.41, 5.74) is 0. The van der Waals surface area contributed by atoms with Crippen molar-refractivity contribution >= 4 is 45.5 Å². The van der Waals surface area contributed by atoms with Crippen LogP contribution >= 0.6 is 34.4 Å². The zero-order chi connectivity index (χ0) is 15.8. The predicted molar refractivity (Wildman–Crippen MR) is 94.8 cm³/mol. The maximum Gasteiger partial charge on any atom is 0.233 e. The first-order valence-electron chi connectivity index (χ1n) is 7.23. The highest BCUT2D eigenvalue weighted by molar-refractivity contribution is 8.02. The van der Waals surface area contributed by atoms with Gasteiger partial charge in [-0.25, -0.2) is 0 Å². The van der Waals surface area contributed by atoms with E-state index in [0.29, 0.717) is 6.54 Å². The topological polar surface area (TPSA) is 66.9 Å². The minimum atomic E-state index is -0.184. The number of nitrogens with one attached hydrogen (secondary N) is 2. The Hall–Kier alpha value is -1.12. The van der Waals surface area contributed by atoms with Crippen LogP contribution in [-0.2, 0) is 11.3 Å². The van der Waals surface area contributed by atoms with E-state index in [4.69, 9.17) is 0 Å². The molecule has 0 fully saturated rings. The van der Waals surface area contributed by atoms with Gasteiger partial charge in [-0.1, -0.05) is 42.5 Å². The number of rotatable bonds is 9. The van der Waals surface area contributed by atoms with Crippen LogP contribution in [0.3, 0.4) is 0 Å². The van der Waals surface area contributed by atoms with Crippen LogP contribution in [0.5, 0.6) is 0 Å². The van der Waals surface area contributed by atoms with Gasteiger partial charge in [0.25, 0.3) is 0 Å². The van der Waals surface area contributed by atoms with Gasteiger partial charge in [-0.05, 0) is 24.8 Å². The second-order valence-corrected chi connectivity index (χ2v) is 8.31. The minimum Gasteiger partial charge on any atom is -0.360 e. The number of nitrogens with zero attached hydrogens (tertiary/aromatic N) is 2. The van der Waals surface area contributed by atoms with Gasteiger partial charge in [0.2, 0.25) is 11.0 Å². The highest BCUT2D eigenvalue weighted by atomic mass is 32.2. The lowest BCUT2D eigenvalue weighted by molar-refractivity contribution is -0.120. The van der Waals surface area contributed by atoms with Crippen molar-refractivity contribution in [2.75, 3.05) is 11.9 Å². The largest absolute Gasteiger partial charge is 0.360 e. The zero-order valence-corrected chi connectivity index (χ0v) is 15.1. The third-order valence-electron chi connectivity index (χ3n) is 2.88. The smallest absolute Gasteiger partial charge is 0.233 e. The number of thiophene rings is 1. The number of thioether (sulfide) groups is 1. The van der Waals surface area contributed by atoms with E-state index >= 15 is 0 Å². The molecule has 5 nitrogen and oxygen atoms in total. The number of hydrogen-bond acceptors (Lipinski definition) is 7. The predicted octanol–water partition coefficient (Wildman–Crippen LogP) is 3.61. The molecular weight excluding hydrogens is 336 g/mol. The van der Waals surface area contributed by atoms with Gasteiger partial charge < -0.3 is 10.6 Å². The standard InChI is InChI=1S/C14H20N4OS3/c1-3-4-7-15-13-17-18-14(22-13)21-10(2)12(19)16-9-11-6-5-8-20-11/h5-6,8,10H,3-4,7,9H2,1-2H3,(H,15,17)(H,16,19). The van der Waals surface area contributed by atoms with Crippen molar-refractivity contribution in [2.24, 2.45) is 0 Å². The van der Waals surface area contributed by atoms with Crippen LogP contribution in [0.2, 0.25) is 0 Å². The van der Waals surface area contributed by atoms with E-state index in [1.165, 1.54) is 23.1 Å². The lowest BCUT2D eigenvalue weighted by atomic mass is 10.3. The van der Waals surface area contributed by atoms with Gasteiger partial charge in [0.1, 0.15) is 0 Å². The minimum absolute atomic E-state index is 0.0223. The van der Waals surface area contributed by atoms with E-state index in [1.807, 2.05) is 24.4 Å². The normalized spacial score (nSPS) is 12.1. The molecule has 8 heteroatoms. The SMILES string of the molecule is CCCCNc1nnc(SC(C)C(=O)NCc2cccs2)s1. The van der Waals surface area contributed by atoms with Crippen LogP contribution in [0.4, 0.5) is 5.13 Å². The number of aromatic nitrogens is 2. The first-order valence-corrected chi connectivity index (χ1v) is 9.80. The van der Waals surface area contributed by atoms with Crippen molar-refractivity contribution in [3.05, 3.63) is 22.4 Å². The van der Waals surface area contributed by atoms with E-state index in [1.54, 1.807) is 11.3 Å². The van der Waals surface area contributed by atoms with E-state index < -0.39 is 0 Å². The molecular formula is C14H20N4OS3.